The molecule has 0 radical (unpaired) electrons. The quantitative estimate of drug-likeness (QED) is 0.0920. The summed E-state index contributed by atoms with van der Waals surface area (Å²) in [6, 6.07) is 21.4. The Morgan fingerprint density at radius 1 is 0.811 bits per heavy atom. The predicted octanol–water partition coefficient (Wildman–Crippen LogP) is 8.42. The standard InChI is InChI=1S/C16H21NO5.C12H9BrO2.C11H12ClNO3/c1-21-10-7-8-13(14(9-10)22-2)17-15(18)11-5-3-4-6-12(11)16(19)20;13-7-8-5-6-11(12(14)15)10-4-2-1-3-9(8)10;1-7-3-2-4-8(12)11(7)13-9(14)5-6-10(15)16/h7-9,11-12H,3-6H2,1-2H3,(H,17,18)(H,19,20);1-6H,7H2,(H,14,15);2-4H,5-6H2,1H3,(H,13,14)(H,15,16). The lowest BCUT2D eigenvalue weighted by atomic mass is 9.78. The van der Waals surface area contributed by atoms with Crippen molar-refractivity contribution in [1.29, 1.82) is 0 Å². The number of anilines is 2. The van der Waals surface area contributed by atoms with E-state index in [4.69, 9.17) is 31.3 Å². The lowest BCUT2D eigenvalue weighted by molar-refractivity contribution is -0.147. The Morgan fingerprint density at radius 3 is 2.08 bits per heavy atom. The van der Waals surface area contributed by atoms with Gasteiger partial charge in [0.25, 0.3) is 0 Å². The predicted molar refractivity (Wildman–Crippen MR) is 206 cm³/mol. The Morgan fingerprint density at radius 2 is 1.49 bits per heavy atom. The second-order valence-electron chi connectivity index (χ2n) is 12.0. The maximum absolute atomic E-state index is 12.4. The molecule has 4 aromatic carbocycles. The molecule has 2 atom stereocenters. The minimum Gasteiger partial charge on any atom is -0.497 e. The van der Waals surface area contributed by atoms with Crippen molar-refractivity contribution >= 4 is 79.4 Å². The number of aliphatic carboxylic acids is 2. The van der Waals surface area contributed by atoms with Gasteiger partial charge >= 0.3 is 17.9 Å². The van der Waals surface area contributed by atoms with Crippen LogP contribution in [0.25, 0.3) is 10.8 Å². The van der Waals surface area contributed by atoms with Crippen LogP contribution < -0.4 is 20.1 Å². The van der Waals surface area contributed by atoms with Gasteiger partial charge in [0, 0.05) is 17.8 Å². The first-order valence-corrected chi connectivity index (χ1v) is 18.1. The number of ether oxygens (including phenoxy) is 2. The number of nitrogens with one attached hydrogen (secondary N) is 2. The molecule has 53 heavy (non-hydrogen) atoms. The fourth-order valence-corrected chi connectivity index (χ4v) is 6.50. The zero-order valence-corrected chi connectivity index (χ0v) is 31.8. The summed E-state index contributed by atoms with van der Waals surface area (Å²) in [5.41, 5.74) is 3.37. The number of hydrogen-bond acceptors (Lipinski definition) is 7. The second-order valence-corrected chi connectivity index (χ2v) is 13.0. The molecule has 2 amide bonds. The van der Waals surface area contributed by atoms with Crippen LogP contribution in [0.4, 0.5) is 11.4 Å². The molecule has 2 unspecified atom stereocenters. The van der Waals surface area contributed by atoms with Crippen LogP contribution in [-0.2, 0) is 24.5 Å². The Kier molecular flexibility index (Phi) is 16.6. The first-order chi connectivity index (χ1) is 25.3. The van der Waals surface area contributed by atoms with Crippen molar-refractivity contribution in [3.63, 3.8) is 0 Å². The highest BCUT2D eigenvalue weighted by atomic mass is 79.9. The molecule has 14 heteroatoms. The van der Waals surface area contributed by atoms with Crippen LogP contribution in [0.2, 0.25) is 5.02 Å². The van der Waals surface area contributed by atoms with E-state index in [1.54, 1.807) is 43.5 Å². The van der Waals surface area contributed by atoms with Crippen molar-refractivity contribution < 1.29 is 48.8 Å². The van der Waals surface area contributed by atoms with E-state index in [1.807, 2.05) is 43.3 Å². The van der Waals surface area contributed by atoms with Crippen molar-refractivity contribution in [3.8, 4) is 11.5 Å². The maximum Gasteiger partial charge on any atom is 0.336 e. The summed E-state index contributed by atoms with van der Waals surface area (Å²) in [6.07, 6.45) is 2.64. The van der Waals surface area contributed by atoms with E-state index in [2.05, 4.69) is 26.6 Å². The number of amides is 2. The first kappa shape index (κ1) is 42.3. The van der Waals surface area contributed by atoms with Crippen molar-refractivity contribution in [1.82, 2.24) is 0 Å². The van der Waals surface area contributed by atoms with Crippen molar-refractivity contribution in [2.24, 2.45) is 11.8 Å². The number of rotatable bonds is 11. The third-order valence-corrected chi connectivity index (χ3v) is 9.45. The molecule has 1 aliphatic rings. The maximum atomic E-state index is 12.4. The number of methoxy groups -OCH3 is 2. The molecule has 12 nitrogen and oxygen atoms in total. The minimum absolute atomic E-state index is 0.0556. The van der Waals surface area contributed by atoms with Gasteiger partial charge in [-0.25, -0.2) is 4.79 Å². The molecule has 0 heterocycles. The molecule has 282 valence electrons. The van der Waals surface area contributed by atoms with Gasteiger partial charge in [-0.05, 0) is 65.9 Å². The second kappa shape index (κ2) is 20.8. The number of benzene rings is 4. The van der Waals surface area contributed by atoms with Gasteiger partial charge in [0.15, 0.2) is 0 Å². The lowest BCUT2D eigenvalue weighted by Crippen LogP contribution is -2.36. The topological polar surface area (TPSA) is 189 Å². The Hall–Kier alpha value is -5.14. The monoisotopic (exact) mass is 812 g/mol. The first-order valence-electron chi connectivity index (χ1n) is 16.6. The summed E-state index contributed by atoms with van der Waals surface area (Å²) in [4.78, 5) is 56.4. The highest BCUT2D eigenvalue weighted by Gasteiger charge is 2.36. The van der Waals surface area contributed by atoms with Crippen LogP contribution in [0, 0.1) is 18.8 Å². The molecular formula is C39H42BrClN2O10. The van der Waals surface area contributed by atoms with Crippen LogP contribution in [0.1, 0.15) is 60.0 Å². The fraction of sp³-hybridized carbons (Fsp3) is 0.308. The highest BCUT2D eigenvalue weighted by molar-refractivity contribution is 9.08. The third kappa shape index (κ3) is 12.2. The molecule has 0 spiro atoms. The van der Waals surface area contributed by atoms with E-state index >= 15 is 0 Å². The Balaban J connectivity index is 0.000000219. The zero-order valence-electron chi connectivity index (χ0n) is 29.5. The molecule has 0 bridgehead atoms. The third-order valence-electron chi connectivity index (χ3n) is 8.53. The van der Waals surface area contributed by atoms with Crippen LogP contribution in [-0.4, -0.2) is 59.3 Å². The number of carbonyl (C=O) groups excluding carboxylic acids is 2. The highest BCUT2D eigenvalue weighted by Crippen LogP contribution is 2.34. The van der Waals surface area contributed by atoms with Gasteiger partial charge in [-0.2, -0.15) is 0 Å². The summed E-state index contributed by atoms with van der Waals surface area (Å²) < 4.78 is 10.4. The van der Waals surface area contributed by atoms with Crippen molar-refractivity contribution in [2.45, 2.75) is 50.8 Å². The molecule has 0 aliphatic heterocycles. The molecule has 1 saturated carbocycles. The van der Waals surface area contributed by atoms with E-state index in [-0.39, 0.29) is 24.7 Å². The van der Waals surface area contributed by atoms with Gasteiger partial charge in [-0.15, -0.1) is 0 Å². The van der Waals surface area contributed by atoms with E-state index in [0.29, 0.717) is 46.3 Å². The number of aromatic carboxylic acids is 1. The summed E-state index contributed by atoms with van der Waals surface area (Å²) in [5.74, 6) is -3.41. The number of aryl methyl sites for hydroxylation is 1. The normalized spacial score (nSPS) is 14.7. The van der Waals surface area contributed by atoms with Gasteiger partial charge in [-0.1, -0.05) is 82.8 Å². The summed E-state index contributed by atoms with van der Waals surface area (Å²) >= 11 is 9.30. The van der Waals surface area contributed by atoms with Crippen LogP contribution in [0.5, 0.6) is 11.5 Å². The van der Waals surface area contributed by atoms with Gasteiger partial charge in [-0.3, -0.25) is 19.2 Å². The van der Waals surface area contributed by atoms with E-state index in [1.165, 1.54) is 7.11 Å². The average molecular weight is 814 g/mol. The summed E-state index contributed by atoms with van der Waals surface area (Å²) in [7, 11) is 3.05. The van der Waals surface area contributed by atoms with Crippen LogP contribution in [0.15, 0.2) is 72.8 Å². The smallest absolute Gasteiger partial charge is 0.336 e. The average Bonchev–Trinajstić information content (AvgIpc) is 3.15. The number of alkyl halides is 1. The molecular weight excluding hydrogens is 772 g/mol. The molecule has 0 aromatic heterocycles. The minimum atomic E-state index is -0.994. The number of hydrogen-bond donors (Lipinski definition) is 5. The van der Waals surface area contributed by atoms with Crippen LogP contribution in [0.3, 0.4) is 0 Å². The van der Waals surface area contributed by atoms with Gasteiger partial charge in [0.05, 0.1) is 54.4 Å². The van der Waals surface area contributed by atoms with E-state index < -0.39 is 29.7 Å². The SMILES string of the molecule is COc1ccc(NC(=O)C2CCCCC2C(=O)O)c(OC)c1.Cc1cccc(Cl)c1NC(=O)CCC(=O)O.O=C(O)c1ccc(CBr)c2ccccc12. The fourth-order valence-electron chi connectivity index (χ4n) is 5.74. The molecule has 4 aromatic rings. The van der Waals surface area contributed by atoms with Crippen molar-refractivity contribution in [3.05, 3.63) is 94.5 Å². The molecule has 0 saturated heterocycles. The van der Waals surface area contributed by atoms with Crippen molar-refractivity contribution in [2.75, 3.05) is 24.9 Å². The zero-order chi connectivity index (χ0) is 39.1. The Bertz CT molecular complexity index is 1920. The number of carboxylic acids is 3. The van der Waals surface area contributed by atoms with Gasteiger partial charge in [0.2, 0.25) is 11.8 Å². The van der Waals surface area contributed by atoms with E-state index in [0.717, 1.165) is 40.1 Å². The largest absolute Gasteiger partial charge is 0.497 e. The van der Waals surface area contributed by atoms with Gasteiger partial charge in [0.1, 0.15) is 11.5 Å². The Labute approximate surface area is 320 Å². The number of carboxylic acid groups (broad SMARTS) is 3. The van der Waals surface area contributed by atoms with Crippen LogP contribution >= 0.6 is 27.5 Å². The number of carbonyl (C=O) groups is 5. The lowest BCUT2D eigenvalue weighted by Gasteiger charge is -2.27. The molecule has 1 fully saturated rings. The molecule has 1 aliphatic carbocycles. The number of para-hydroxylation sites is 1. The van der Waals surface area contributed by atoms with Gasteiger partial charge < -0.3 is 35.4 Å². The summed E-state index contributed by atoms with van der Waals surface area (Å²) in [6.45, 7) is 1.82. The number of halogens is 2. The molecule has 5 N–H and O–H groups in total. The molecule has 5 rings (SSSR count). The summed E-state index contributed by atoms with van der Waals surface area (Å²) in [5, 5.41) is 35.1. The van der Waals surface area contributed by atoms with E-state index in [9.17, 15) is 29.1 Å². The number of fused-ring (bicyclic) bond motifs is 1.